The lowest BCUT2D eigenvalue weighted by Crippen LogP contribution is -2.27. The fraction of sp³-hybridized carbons (Fsp3) is 0.438. The van der Waals surface area contributed by atoms with Crippen molar-refractivity contribution in [1.82, 2.24) is 20.0 Å². The zero-order chi connectivity index (χ0) is 15.8. The smallest absolute Gasteiger partial charge is 0.258 e. The van der Waals surface area contributed by atoms with Crippen molar-refractivity contribution in [3.8, 4) is 11.5 Å². The summed E-state index contributed by atoms with van der Waals surface area (Å²) in [6.07, 6.45) is 3.46. The van der Waals surface area contributed by atoms with Crippen molar-refractivity contribution in [3.05, 3.63) is 38.2 Å². The molecule has 3 aromatic heterocycles. The SMILES string of the molecule is Cc1nc2c(s1)[C@H](N(C)Cc1noc(-c3ccsc3)n1)CCC2. The minimum atomic E-state index is 0.410. The van der Waals surface area contributed by atoms with Crippen LogP contribution in [-0.4, -0.2) is 27.1 Å². The summed E-state index contributed by atoms with van der Waals surface area (Å²) in [6.45, 7) is 2.78. The van der Waals surface area contributed by atoms with E-state index in [4.69, 9.17) is 4.52 Å². The molecule has 0 saturated carbocycles. The molecule has 0 saturated heterocycles. The number of thiophene rings is 1. The Kier molecular flexibility index (Phi) is 4.00. The number of nitrogens with zero attached hydrogens (tertiary/aromatic N) is 4. The molecular weight excluding hydrogens is 328 g/mol. The lowest BCUT2D eigenvalue weighted by Gasteiger charge is -2.29. The molecule has 120 valence electrons. The van der Waals surface area contributed by atoms with Crippen LogP contribution in [0.2, 0.25) is 0 Å². The van der Waals surface area contributed by atoms with Crippen molar-refractivity contribution in [2.24, 2.45) is 0 Å². The Morgan fingerprint density at radius 2 is 2.30 bits per heavy atom. The maximum Gasteiger partial charge on any atom is 0.258 e. The van der Waals surface area contributed by atoms with E-state index in [9.17, 15) is 0 Å². The van der Waals surface area contributed by atoms with Gasteiger partial charge in [0.1, 0.15) is 0 Å². The van der Waals surface area contributed by atoms with E-state index in [0.29, 0.717) is 18.5 Å². The van der Waals surface area contributed by atoms with E-state index in [1.807, 2.05) is 28.2 Å². The van der Waals surface area contributed by atoms with Gasteiger partial charge in [0, 0.05) is 16.3 Å². The molecule has 23 heavy (non-hydrogen) atoms. The topological polar surface area (TPSA) is 55.1 Å². The van der Waals surface area contributed by atoms with Crippen LogP contribution in [0.5, 0.6) is 0 Å². The van der Waals surface area contributed by atoms with Gasteiger partial charge in [-0.15, -0.1) is 11.3 Å². The summed E-state index contributed by atoms with van der Waals surface area (Å²) < 4.78 is 5.38. The fourth-order valence-corrected chi connectivity index (χ4v) is 4.90. The third kappa shape index (κ3) is 2.96. The van der Waals surface area contributed by atoms with E-state index in [1.54, 1.807) is 11.3 Å². The van der Waals surface area contributed by atoms with Gasteiger partial charge in [-0.3, -0.25) is 4.90 Å². The van der Waals surface area contributed by atoms with E-state index < -0.39 is 0 Å². The van der Waals surface area contributed by atoms with Crippen molar-refractivity contribution in [3.63, 3.8) is 0 Å². The standard InChI is InChI=1S/C16H18N4OS2/c1-10-17-12-4-3-5-13(15(12)23-10)20(2)8-14-18-16(21-19-14)11-6-7-22-9-11/h6-7,9,13H,3-5,8H2,1-2H3/t13-/m1/s1. The van der Waals surface area contributed by atoms with Crippen LogP contribution in [0.3, 0.4) is 0 Å². The molecule has 0 aliphatic heterocycles. The van der Waals surface area contributed by atoms with Gasteiger partial charge < -0.3 is 4.52 Å². The van der Waals surface area contributed by atoms with E-state index in [-0.39, 0.29) is 0 Å². The van der Waals surface area contributed by atoms with Crippen molar-refractivity contribution in [1.29, 1.82) is 0 Å². The average molecular weight is 346 g/mol. The van der Waals surface area contributed by atoms with Crippen molar-refractivity contribution in [2.75, 3.05) is 7.05 Å². The van der Waals surface area contributed by atoms with Gasteiger partial charge >= 0.3 is 0 Å². The van der Waals surface area contributed by atoms with Crippen LogP contribution in [0.4, 0.5) is 0 Å². The number of thiazole rings is 1. The number of aryl methyl sites for hydroxylation is 2. The van der Waals surface area contributed by atoms with Crippen LogP contribution in [-0.2, 0) is 13.0 Å². The molecular formula is C16H18N4OS2. The average Bonchev–Trinajstić information content (AvgIpc) is 3.25. The lowest BCUT2D eigenvalue weighted by molar-refractivity contribution is 0.209. The first-order chi connectivity index (χ1) is 11.2. The molecule has 0 N–H and O–H groups in total. The van der Waals surface area contributed by atoms with Crippen molar-refractivity contribution < 1.29 is 4.52 Å². The van der Waals surface area contributed by atoms with Crippen LogP contribution in [0, 0.1) is 6.92 Å². The quantitative estimate of drug-likeness (QED) is 0.713. The number of hydrogen-bond acceptors (Lipinski definition) is 7. The monoisotopic (exact) mass is 346 g/mol. The minimum absolute atomic E-state index is 0.410. The molecule has 0 aromatic carbocycles. The Morgan fingerprint density at radius 3 is 3.13 bits per heavy atom. The first-order valence-corrected chi connectivity index (χ1v) is 9.48. The second-order valence-corrected chi connectivity index (χ2v) is 7.91. The highest BCUT2D eigenvalue weighted by Crippen LogP contribution is 2.37. The third-order valence-corrected chi connectivity index (χ3v) is 5.98. The molecule has 1 aliphatic carbocycles. The first kappa shape index (κ1) is 15.0. The van der Waals surface area contributed by atoms with Crippen LogP contribution < -0.4 is 0 Å². The molecule has 7 heteroatoms. The number of aromatic nitrogens is 3. The number of hydrogen-bond donors (Lipinski definition) is 0. The third-order valence-electron chi connectivity index (χ3n) is 4.19. The highest BCUT2D eigenvalue weighted by atomic mass is 32.1. The Balaban J connectivity index is 1.51. The summed E-state index contributed by atoms with van der Waals surface area (Å²) in [5.41, 5.74) is 2.28. The van der Waals surface area contributed by atoms with Gasteiger partial charge in [-0.2, -0.15) is 16.3 Å². The molecule has 4 rings (SSSR count). The Morgan fingerprint density at radius 1 is 1.39 bits per heavy atom. The van der Waals surface area contributed by atoms with E-state index in [2.05, 4.69) is 34.0 Å². The molecule has 0 unspecified atom stereocenters. The zero-order valence-corrected chi connectivity index (χ0v) is 14.8. The van der Waals surface area contributed by atoms with Gasteiger partial charge in [-0.25, -0.2) is 4.98 Å². The molecule has 0 bridgehead atoms. The minimum Gasteiger partial charge on any atom is -0.334 e. The molecule has 1 aliphatic rings. The summed E-state index contributed by atoms with van der Waals surface area (Å²) in [6, 6.07) is 2.41. The Bertz CT molecular complexity index is 793. The molecule has 0 fully saturated rings. The van der Waals surface area contributed by atoms with Gasteiger partial charge in [0.2, 0.25) is 0 Å². The number of rotatable bonds is 4. The predicted molar refractivity (Wildman–Crippen MR) is 91.6 cm³/mol. The van der Waals surface area contributed by atoms with Crippen molar-refractivity contribution in [2.45, 2.75) is 38.8 Å². The van der Waals surface area contributed by atoms with Crippen LogP contribution in [0.25, 0.3) is 11.5 Å². The molecule has 1 atom stereocenters. The van der Waals surface area contributed by atoms with E-state index >= 15 is 0 Å². The molecule has 0 radical (unpaired) electrons. The maximum absolute atomic E-state index is 5.38. The summed E-state index contributed by atoms with van der Waals surface area (Å²) >= 11 is 3.46. The van der Waals surface area contributed by atoms with E-state index in [0.717, 1.165) is 22.8 Å². The fourth-order valence-electron chi connectivity index (χ4n) is 3.09. The first-order valence-electron chi connectivity index (χ1n) is 7.72. The zero-order valence-electron chi connectivity index (χ0n) is 13.2. The van der Waals surface area contributed by atoms with Gasteiger partial charge in [0.25, 0.3) is 5.89 Å². The van der Waals surface area contributed by atoms with Crippen molar-refractivity contribution >= 4 is 22.7 Å². The largest absolute Gasteiger partial charge is 0.334 e. The summed E-state index contributed by atoms with van der Waals surface area (Å²) in [7, 11) is 2.13. The molecule has 0 amide bonds. The molecule has 3 heterocycles. The second kappa shape index (κ2) is 6.14. The summed E-state index contributed by atoms with van der Waals surface area (Å²) in [5.74, 6) is 1.34. The highest BCUT2D eigenvalue weighted by Gasteiger charge is 2.27. The van der Waals surface area contributed by atoms with Crippen LogP contribution in [0.15, 0.2) is 21.3 Å². The van der Waals surface area contributed by atoms with Crippen LogP contribution >= 0.6 is 22.7 Å². The summed E-state index contributed by atoms with van der Waals surface area (Å²) in [4.78, 5) is 12.9. The highest BCUT2D eigenvalue weighted by molar-refractivity contribution is 7.11. The molecule has 5 nitrogen and oxygen atoms in total. The Labute approximate surface area is 143 Å². The molecule has 3 aromatic rings. The van der Waals surface area contributed by atoms with E-state index in [1.165, 1.54) is 23.4 Å². The predicted octanol–water partition coefficient (Wildman–Crippen LogP) is 4.07. The second-order valence-electron chi connectivity index (χ2n) is 5.89. The summed E-state index contributed by atoms with van der Waals surface area (Å²) in [5, 5.41) is 9.33. The Hall–Kier alpha value is -1.57. The van der Waals surface area contributed by atoms with Crippen LogP contribution in [0.1, 0.15) is 40.3 Å². The van der Waals surface area contributed by atoms with Gasteiger partial charge in [-0.05, 0) is 44.7 Å². The lowest BCUT2D eigenvalue weighted by atomic mass is 9.97. The maximum atomic E-state index is 5.38. The van der Waals surface area contributed by atoms with Gasteiger partial charge in [-0.1, -0.05) is 5.16 Å². The van der Waals surface area contributed by atoms with Gasteiger partial charge in [0.05, 0.1) is 22.8 Å². The number of fused-ring (bicyclic) bond motifs is 1. The van der Waals surface area contributed by atoms with Gasteiger partial charge in [0.15, 0.2) is 5.82 Å². The molecule has 0 spiro atoms. The normalized spacial score (nSPS) is 17.6.